The maximum absolute atomic E-state index is 12.0. The second-order valence-electron chi connectivity index (χ2n) is 6.83. The molecule has 0 atom stereocenters. The molecule has 0 bridgehead atoms. The smallest absolute Gasteiger partial charge is 0.294 e. The van der Waals surface area contributed by atoms with Crippen LogP contribution >= 0.6 is 0 Å². The Bertz CT molecular complexity index is 671. The van der Waals surface area contributed by atoms with E-state index < -0.39 is 0 Å². The fourth-order valence-corrected chi connectivity index (χ4v) is 3.00. The Morgan fingerprint density at radius 3 is 2.64 bits per heavy atom. The Morgan fingerprint density at radius 2 is 1.95 bits per heavy atom. The van der Waals surface area contributed by atoms with Crippen molar-refractivity contribution in [1.82, 2.24) is 5.32 Å². The van der Waals surface area contributed by atoms with Crippen LogP contribution in [0, 0.1) is 5.41 Å². The van der Waals surface area contributed by atoms with Gasteiger partial charge in [-0.2, -0.15) is 0 Å². The van der Waals surface area contributed by atoms with Crippen LogP contribution in [0.5, 0.6) is 0 Å². The van der Waals surface area contributed by atoms with Crippen molar-refractivity contribution >= 4 is 23.3 Å². The summed E-state index contributed by atoms with van der Waals surface area (Å²) < 4.78 is 0. The molecule has 2 aliphatic heterocycles. The molecule has 116 valence electrons. The molecular weight excluding hydrogens is 278 g/mol. The molecule has 2 aliphatic rings. The molecule has 0 radical (unpaired) electrons. The van der Waals surface area contributed by atoms with Crippen LogP contribution in [0.3, 0.4) is 0 Å². The highest BCUT2D eigenvalue weighted by atomic mass is 16.2. The van der Waals surface area contributed by atoms with Gasteiger partial charge in [-0.15, -0.1) is 0 Å². The average Bonchev–Trinajstić information content (AvgIpc) is 2.45. The van der Waals surface area contributed by atoms with E-state index in [2.05, 4.69) is 32.2 Å². The van der Waals surface area contributed by atoms with E-state index in [1.54, 1.807) is 4.90 Å². The number of imide groups is 1. The molecule has 1 aromatic rings. The number of nitrogens with zero attached hydrogens (tertiary/aromatic N) is 2. The number of carbonyl (C=O) groups is 2. The highest BCUT2D eigenvalue weighted by Crippen LogP contribution is 2.31. The van der Waals surface area contributed by atoms with Crippen molar-refractivity contribution in [3.63, 3.8) is 0 Å². The highest BCUT2D eigenvalue weighted by Gasteiger charge is 2.28. The van der Waals surface area contributed by atoms with Crippen molar-refractivity contribution in [3.8, 4) is 0 Å². The SMILES string of the molecule is CC(C)(C)C1=NCCc2ccc(N3CCC(=O)NC3=O)cc21. The van der Waals surface area contributed by atoms with Crippen molar-refractivity contribution in [2.75, 3.05) is 18.0 Å². The molecule has 0 spiro atoms. The summed E-state index contributed by atoms with van der Waals surface area (Å²) in [6, 6.07) is 5.73. The lowest BCUT2D eigenvalue weighted by atomic mass is 9.81. The number of hydrogen-bond donors (Lipinski definition) is 1. The molecule has 0 unspecified atom stereocenters. The van der Waals surface area contributed by atoms with Crippen LogP contribution in [0.4, 0.5) is 10.5 Å². The van der Waals surface area contributed by atoms with Crippen molar-refractivity contribution in [2.45, 2.75) is 33.6 Å². The number of rotatable bonds is 1. The van der Waals surface area contributed by atoms with Gasteiger partial charge in [-0.1, -0.05) is 26.8 Å². The summed E-state index contributed by atoms with van der Waals surface area (Å²) in [4.78, 5) is 29.6. The monoisotopic (exact) mass is 299 g/mol. The first-order valence-corrected chi connectivity index (χ1v) is 7.66. The number of urea groups is 1. The van der Waals surface area contributed by atoms with Gasteiger partial charge in [0.05, 0.1) is 0 Å². The molecule has 1 saturated heterocycles. The van der Waals surface area contributed by atoms with E-state index in [-0.39, 0.29) is 17.4 Å². The summed E-state index contributed by atoms with van der Waals surface area (Å²) in [5.74, 6) is -0.212. The Hall–Kier alpha value is -2.17. The zero-order valence-electron chi connectivity index (χ0n) is 13.3. The lowest BCUT2D eigenvalue weighted by molar-refractivity contribution is -0.120. The number of carbonyl (C=O) groups excluding carboxylic acids is 2. The van der Waals surface area contributed by atoms with E-state index >= 15 is 0 Å². The number of fused-ring (bicyclic) bond motifs is 1. The van der Waals surface area contributed by atoms with Gasteiger partial charge in [-0.3, -0.25) is 20.0 Å². The topological polar surface area (TPSA) is 61.8 Å². The summed E-state index contributed by atoms with van der Waals surface area (Å²) in [5, 5.41) is 2.37. The molecule has 1 fully saturated rings. The van der Waals surface area contributed by atoms with Crippen LogP contribution in [-0.4, -0.2) is 30.7 Å². The standard InChI is InChI=1S/C17H21N3O2/c1-17(2,3)15-13-10-12(5-4-11(13)6-8-18-15)20-9-7-14(21)19-16(20)22/h4-5,10H,6-9H2,1-3H3,(H,19,21,22). The van der Waals surface area contributed by atoms with Gasteiger partial charge in [-0.25, -0.2) is 4.79 Å². The predicted octanol–water partition coefficient (Wildman–Crippen LogP) is 2.52. The summed E-state index contributed by atoms with van der Waals surface area (Å²) in [6.07, 6.45) is 1.27. The number of nitrogens with one attached hydrogen (secondary N) is 1. The van der Waals surface area contributed by atoms with Crippen LogP contribution in [0.1, 0.15) is 38.3 Å². The number of aliphatic imine (C=N–C) groups is 1. The van der Waals surface area contributed by atoms with E-state index in [0.717, 1.165) is 29.9 Å². The van der Waals surface area contributed by atoms with Gasteiger partial charge >= 0.3 is 6.03 Å². The third kappa shape index (κ3) is 2.63. The number of amides is 3. The minimum atomic E-state index is -0.346. The maximum Gasteiger partial charge on any atom is 0.328 e. The number of hydrogen-bond acceptors (Lipinski definition) is 3. The molecule has 1 aromatic carbocycles. The van der Waals surface area contributed by atoms with Gasteiger partial charge < -0.3 is 0 Å². The molecule has 2 heterocycles. The fourth-order valence-electron chi connectivity index (χ4n) is 3.00. The Labute approximate surface area is 130 Å². The zero-order chi connectivity index (χ0) is 15.9. The molecule has 0 saturated carbocycles. The van der Waals surface area contributed by atoms with E-state index in [1.807, 2.05) is 12.1 Å². The highest BCUT2D eigenvalue weighted by molar-refractivity contribution is 6.09. The number of benzene rings is 1. The molecule has 5 heteroatoms. The quantitative estimate of drug-likeness (QED) is 0.866. The van der Waals surface area contributed by atoms with E-state index in [9.17, 15) is 9.59 Å². The third-order valence-corrected chi connectivity index (χ3v) is 4.08. The molecule has 22 heavy (non-hydrogen) atoms. The van der Waals surface area contributed by atoms with Crippen LogP contribution in [-0.2, 0) is 11.2 Å². The molecule has 0 aromatic heterocycles. The molecule has 0 aliphatic carbocycles. The average molecular weight is 299 g/mol. The second-order valence-corrected chi connectivity index (χ2v) is 6.83. The van der Waals surface area contributed by atoms with E-state index in [0.29, 0.717) is 13.0 Å². The molecule has 1 N–H and O–H groups in total. The van der Waals surface area contributed by atoms with Crippen LogP contribution in [0.15, 0.2) is 23.2 Å². The van der Waals surface area contributed by atoms with Gasteiger partial charge in [0.2, 0.25) is 5.91 Å². The van der Waals surface area contributed by atoms with Gasteiger partial charge in [0.25, 0.3) is 0 Å². The molecule has 3 amide bonds. The summed E-state index contributed by atoms with van der Waals surface area (Å²) in [5.41, 5.74) is 4.28. The molecule has 5 nitrogen and oxygen atoms in total. The van der Waals surface area contributed by atoms with Crippen LogP contribution in [0.2, 0.25) is 0 Å². The number of anilines is 1. The Balaban J connectivity index is 1.99. The largest absolute Gasteiger partial charge is 0.328 e. The van der Waals surface area contributed by atoms with Crippen molar-refractivity contribution in [3.05, 3.63) is 29.3 Å². The maximum atomic E-state index is 12.0. The van der Waals surface area contributed by atoms with E-state index in [4.69, 9.17) is 4.99 Å². The van der Waals surface area contributed by atoms with Gasteiger partial charge in [0.1, 0.15) is 0 Å². The second kappa shape index (κ2) is 5.23. The first kappa shape index (κ1) is 14.8. The normalized spacial score (nSPS) is 18.7. The van der Waals surface area contributed by atoms with E-state index in [1.165, 1.54) is 5.56 Å². The predicted molar refractivity (Wildman–Crippen MR) is 86.5 cm³/mol. The lowest BCUT2D eigenvalue weighted by Gasteiger charge is -2.30. The lowest BCUT2D eigenvalue weighted by Crippen LogP contribution is -2.49. The molecular formula is C17H21N3O2. The third-order valence-electron chi connectivity index (χ3n) is 4.08. The summed E-state index contributed by atoms with van der Waals surface area (Å²) >= 11 is 0. The first-order valence-electron chi connectivity index (χ1n) is 7.66. The first-order chi connectivity index (χ1) is 10.4. The van der Waals surface area contributed by atoms with Crippen molar-refractivity contribution in [2.24, 2.45) is 10.4 Å². The van der Waals surface area contributed by atoms with Crippen LogP contribution in [0.25, 0.3) is 0 Å². The summed E-state index contributed by atoms with van der Waals surface area (Å²) in [6.45, 7) is 7.70. The van der Waals surface area contributed by atoms with Gasteiger partial charge in [0.15, 0.2) is 0 Å². The summed E-state index contributed by atoms with van der Waals surface area (Å²) in [7, 11) is 0. The fraction of sp³-hybridized carbons (Fsp3) is 0.471. The Kier molecular flexibility index (Phi) is 3.51. The van der Waals surface area contributed by atoms with Gasteiger partial charge in [-0.05, 0) is 24.1 Å². The molecule has 3 rings (SSSR count). The van der Waals surface area contributed by atoms with Crippen LogP contribution < -0.4 is 10.2 Å². The zero-order valence-corrected chi connectivity index (χ0v) is 13.3. The van der Waals surface area contributed by atoms with Crippen molar-refractivity contribution < 1.29 is 9.59 Å². The minimum absolute atomic E-state index is 0.0338. The van der Waals surface area contributed by atoms with Crippen molar-refractivity contribution in [1.29, 1.82) is 0 Å². The van der Waals surface area contributed by atoms with Gasteiger partial charge in [0, 0.05) is 41.9 Å². The minimum Gasteiger partial charge on any atom is -0.294 e. The Morgan fingerprint density at radius 1 is 1.18 bits per heavy atom.